The normalized spacial score (nSPS) is 12.7. The third kappa shape index (κ3) is 4.82. The zero-order valence-electron chi connectivity index (χ0n) is 17.1. The van der Waals surface area contributed by atoms with Crippen molar-refractivity contribution in [1.82, 2.24) is 9.78 Å². The maximum atomic E-state index is 12.9. The Morgan fingerprint density at radius 3 is 2.28 bits per heavy atom. The van der Waals surface area contributed by atoms with Crippen LogP contribution in [0.1, 0.15) is 48.7 Å². The van der Waals surface area contributed by atoms with Gasteiger partial charge in [-0.2, -0.15) is 5.10 Å². The van der Waals surface area contributed by atoms with E-state index in [0.29, 0.717) is 28.9 Å². The molecule has 29 heavy (non-hydrogen) atoms. The van der Waals surface area contributed by atoms with Gasteiger partial charge in [-0.3, -0.25) is 9.40 Å². The Bertz CT molecular complexity index is 1090. The molecule has 0 spiro atoms. The second-order valence-electron chi connectivity index (χ2n) is 7.31. The summed E-state index contributed by atoms with van der Waals surface area (Å²) in [5, 5.41) is 5.19. The molecular weight excluding hydrogens is 406 g/mol. The van der Waals surface area contributed by atoms with Crippen molar-refractivity contribution in [2.24, 2.45) is 0 Å². The van der Waals surface area contributed by atoms with Crippen molar-refractivity contribution in [3.8, 4) is 0 Å². The number of benzene rings is 2. The molecule has 1 heterocycles. The average Bonchev–Trinajstić information content (AvgIpc) is 2.96. The Morgan fingerprint density at radius 2 is 1.69 bits per heavy atom. The monoisotopic (exact) mass is 431 g/mol. The topological polar surface area (TPSA) is 64.0 Å². The molecule has 5 nitrogen and oxygen atoms in total. The molecule has 1 unspecified atom stereocenters. The summed E-state index contributed by atoms with van der Waals surface area (Å²) in [4.78, 5) is 0.244. The highest BCUT2D eigenvalue weighted by Crippen LogP contribution is 2.26. The molecule has 3 aromatic rings. The molecule has 3 rings (SSSR count). The molecule has 0 radical (unpaired) electrons. The van der Waals surface area contributed by atoms with E-state index in [1.807, 2.05) is 43.3 Å². The van der Waals surface area contributed by atoms with Crippen LogP contribution in [-0.4, -0.2) is 18.2 Å². The van der Waals surface area contributed by atoms with E-state index < -0.39 is 10.0 Å². The molecule has 0 amide bonds. The number of sulfonamides is 1. The highest BCUT2D eigenvalue weighted by atomic mass is 35.5. The minimum atomic E-state index is -3.69. The first-order chi connectivity index (χ1) is 13.7. The lowest BCUT2D eigenvalue weighted by molar-refractivity contribution is 0.601. The molecule has 154 valence electrons. The Kier molecular flexibility index (Phi) is 6.34. The molecule has 1 atom stereocenters. The minimum absolute atomic E-state index is 0.244. The van der Waals surface area contributed by atoms with Gasteiger partial charge in [0.2, 0.25) is 0 Å². The van der Waals surface area contributed by atoms with Crippen molar-refractivity contribution in [3.63, 3.8) is 0 Å². The van der Waals surface area contributed by atoms with Crippen LogP contribution in [0.15, 0.2) is 53.4 Å². The van der Waals surface area contributed by atoms with Gasteiger partial charge in [0.1, 0.15) is 0 Å². The molecule has 0 bridgehead atoms. The van der Waals surface area contributed by atoms with E-state index >= 15 is 0 Å². The second-order valence-corrected chi connectivity index (χ2v) is 9.43. The van der Waals surface area contributed by atoms with Crippen LogP contribution in [0.2, 0.25) is 5.02 Å². The van der Waals surface area contributed by atoms with Gasteiger partial charge in [0.25, 0.3) is 10.0 Å². The molecule has 0 saturated heterocycles. The van der Waals surface area contributed by atoms with Gasteiger partial charge in [0.05, 0.1) is 28.5 Å². The van der Waals surface area contributed by atoms with Crippen LogP contribution in [0.3, 0.4) is 0 Å². The number of halogens is 1. The Labute approximate surface area is 177 Å². The quantitative estimate of drug-likeness (QED) is 0.536. The molecule has 2 aromatic carbocycles. The van der Waals surface area contributed by atoms with Gasteiger partial charge in [-0.05, 0) is 61.6 Å². The van der Waals surface area contributed by atoms with E-state index in [4.69, 9.17) is 11.6 Å². The standard InChI is InChI=1S/C22H26ClN3O2S/c1-5-15(2)19-8-12-21(13-9-19)29(27,28)25-22-16(3)24-26(17(22)4)14-18-6-10-20(23)11-7-18/h6-13,15,25H,5,14H2,1-4H3. The van der Waals surface area contributed by atoms with E-state index in [2.05, 4.69) is 23.7 Å². The third-order valence-electron chi connectivity index (χ3n) is 5.24. The van der Waals surface area contributed by atoms with Crippen LogP contribution in [0.25, 0.3) is 0 Å². The van der Waals surface area contributed by atoms with Crippen molar-refractivity contribution < 1.29 is 8.42 Å². The molecule has 0 saturated carbocycles. The first-order valence-electron chi connectivity index (χ1n) is 9.62. The molecule has 7 heteroatoms. The molecule has 0 fully saturated rings. The molecule has 0 aliphatic heterocycles. The highest BCUT2D eigenvalue weighted by Gasteiger charge is 2.20. The summed E-state index contributed by atoms with van der Waals surface area (Å²) in [6, 6.07) is 14.6. The van der Waals surface area contributed by atoms with Gasteiger partial charge in [-0.15, -0.1) is 0 Å². The zero-order valence-corrected chi connectivity index (χ0v) is 18.7. The number of anilines is 1. The number of nitrogens with one attached hydrogen (secondary N) is 1. The van der Waals surface area contributed by atoms with Gasteiger partial charge >= 0.3 is 0 Å². The lowest BCUT2D eigenvalue weighted by Gasteiger charge is -2.12. The third-order valence-corrected chi connectivity index (χ3v) is 6.85. The number of hydrogen-bond acceptors (Lipinski definition) is 3. The van der Waals surface area contributed by atoms with Crippen molar-refractivity contribution >= 4 is 27.3 Å². The van der Waals surface area contributed by atoms with E-state index in [0.717, 1.165) is 23.2 Å². The summed E-state index contributed by atoms with van der Waals surface area (Å²) in [5.74, 6) is 0.398. The van der Waals surface area contributed by atoms with Crippen molar-refractivity contribution in [1.29, 1.82) is 0 Å². The second kappa shape index (κ2) is 8.59. The summed E-state index contributed by atoms with van der Waals surface area (Å²) in [6.45, 7) is 8.44. The number of hydrogen-bond donors (Lipinski definition) is 1. The first kappa shape index (κ1) is 21.4. The van der Waals surface area contributed by atoms with Gasteiger partial charge < -0.3 is 0 Å². The van der Waals surface area contributed by atoms with E-state index in [9.17, 15) is 8.42 Å². The average molecular weight is 432 g/mol. The fourth-order valence-electron chi connectivity index (χ4n) is 3.17. The number of aromatic nitrogens is 2. The van der Waals surface area contributed by atoms with Crippen LogP contribution < -0.4 is 4.72 Å². The Hall–Kier alpha value is -2.31. The fourth-order valence-corrected chi connectivity index (χ4v) is 4.47. The minimum Gasteiger partial charge on any atom is -0.276 e. The fraction of sp³-hybridized carbons (Fsp3) is 0.318. The van der Waals surface area contributed by atoms with Crippen molar-refractivity contribution in [2.45, 2.75) is 51.5 Å². The maximum Gasteiger partial charge on any atom is 0.262 e. The Morgan fingerprint density at radius 1 is 1.07 bits per heavy atom. The van der Waals surface area contributed by atoms with E-state index in [1.165, 1.54) is 0 Å². The summed E-state index contributed by atoms with van der Waals surface area (Å²) < 4.78 is 30.3. The van der Waals surface area contributed by atoms with E-state index in [-0.39, 0.29) is 4.90 Å². The summed E-state index contributed by atoms with van der Waals surface area (Å²) in [7, 11) is -3.69. The predicted molar refractivity (Wildman–Crippen MR) is 118 cm³/mol. The largest absolute Gasteiger partial charge is 0.276 e. The van der Waals surface area contributed by atoms with E-state index in [1.54, 1.807) is 23.7 Å². The number of aryl methyl sites for hydroxylation is 1. The smallest absolute Gasteiger partial charge is 0.262 e. The SMILES string of the molecule is CCC(C)c1ccc(S(=O)(=O)Nc2c(C)nn(Cc3ccc(Cl)cc3)c2C)cc1. The van der Waals surface area contributed by atoms with Crippen molar-refractivity contribution in [3.05, 3.63) is 76.1 Å². The number of rotatable bonds is 7. The van der Waals surface area contributed by atoms with Gasteiger partial charge in [0.15, 0.2) is 0 Å². The molecule has 1 aromatic heterocycles. The first-order valence-corrected chi connectivity index (χ1v) is 11.5. The lowest BCUT2D eigenvalue weighted by Crippen LogP contribution is -2.14. The van der Waals surface area contributed by atoms with Crippen LogP contribution in [0.4, 0.5) is 5.69 Å². The molecule has 1 N–H and O–H groups in total. The van der Waals surface area contributed by atoms with Crippen LogP contribution >= 0.6 is 11.6 Å². The zero-order chi connectivity index (χ0) is 21.2. The van der Waals surface area contributed by atoms with Crippen LogP contribution in [0.5, 0.6) is 0 Å². The summed E-state index contributed by atoms with van der Waals surface area (Å²) >= 11 is 5.94. The van der Waals surface area contributed by atoms with Gasteiger partial charge in [-0.25, -0.2) is 8.42 Å². The lowest BCUT2D eigenvalue weighted by atomic mass is 9.99. The van der Waals surface area contributed by atoms with Gasteiger partial charge in [-0.1, -0.05) is 49.7 Å². The van der Waals surface area contributed by atoms with Crippen molar-refractivity contribution in [2.75, 3.05) is 4.72 Å². The summed E-state index contributed by atoms with van der Waals surface area (Å²) in [6.07, 6.45) is 1.01. The molecule has 0 aliphatic rings. The van der Waals surface area contributed by atoms with Crippen LogP contribution in [0, 0.1) is 13.8 Å². The predicted octanol–water partition coefficient (Wildman–Crippen LogP) is 5.52. The van der Waals surface area contributed by atoms with Crippen LogP contribution in [-0.2, 0) is 16.6 Å². The molecular formula is C22H26ClN3O2S. The molecule has 0 aliphatic carbocycles. The highest BCUT2D eigenvalue weighted by molar-refractivity contribution is 7.92. The Balaban J connectivity index is 1.83. The maximum absolute atomic E-state index is 12.9. The number of nitrogens with zero attached hydrogens (tertiary/aromatic N) is 2. The summed E-state index contributed by atoms with van der Waals surface area (Å²) in [5.41, 5.74) is 4.09. The van der Waals surface area contributed by atoms with Gasteiger partial charge in [0, 0.05) is 5.02 Å².